The van der Waals surface area contributed by atoms with E-state index in [1.165, 1.54) is 0 Å². The molecule has 0 bridgehead atoms. The molecule has 1 N–H and O–H groups in total. The molecule has 0 saturated heterocycles. The second kappa shape index (κ2) is 7.50. The zero-order valence-corrected chi connectivity index (χ0v) is 12.1. The normalized spacial score (nSPS) is 11.6. The summed E-state index contributed by atoms with van der Waals surface area (Å²) in [4.78, 5) is 23.6. The van der Waals surface area contributed by atoms with Gasteiger partial charge in [-0.2, -0.15) is 0 Å². The molecule has 0 heterocycles. The minimum absolute atomic E-state index is 0.147. The van der Waals surface area contributed by atoms with Crippen molar-refractivity contribution in [3.8, 4) is 0 Å². The fourth-order valence-electron chi connectivity index (χ4n) is 1.77. The Hall–Kier alpha value is -2.27. The van der Waals surface area contributed by atoms with Crippen LogP contribution < -0.4 is 5.32 Å². The SMILES string of the molecule is O=C(CS(=O)CC(=O)c1ccccc1)Nc1ccccc1. The highest BCUT2D eigenvalue weighted by Gasteiger charge is 2.13. The zero-order valence-electron chi connectivity index (χ0n) is 11.3. The summed E-state index contributed by atoms with van der Waals surface area (Å²) in [6, 6.07) is 17.6. The second-order valence-corrected chi connectivity index (χ2v) is 5.89. The summed E-state index contributed by atoms with van der Waals surface area (Å²) in [5.74, 6) is -0.915. The molecule has 2 aromatic rings. The number of ketones is 1. The van der Waals surface area contributed by atoms with Gasteiger partial charge in [-0.05, 0) is 12.1 Å². The maximum absolute atomic E-state index is 11.9. The van der Waals surface area contributed by atoms with E-state index in [1.54, 1.807) is 54.6 Å². The Morgan fingerprint density at radius 2 is 1.43 bits per heavy atom. The van der Waals surface area contributed by atoms with Crippen molar-refractivity contribution in [2.45, 2.75) is 0 Å². The lowest BCUT2D eigenvalue weighted by Crippen LogP contribution is -2.23. The molecule has 2 rings (SSSR count). The van der Waals surface area contributed by atoms with Gasteiger partial charge in [0.15, 0.2) is 5.78 Å². The molecule has 0 spiro atoms. The van der Waals surface area contributed by atoms with Crippen molar-refractivity contribution in [2.75, 3.05) is 16.8 Å². The van der Waals surface area contributed by atoms with Crippen LogP contribution in [-0.2, 0) is 15.6 Å². The number of hydrogen-bond donors (Lipinski definition) is 1. The van der Waals surface area contributed by atoms with Crippen LogP contribution in [0, 0.1) is 0 Å². The Labute approximate surface area is 125 Å². The molecule has 1 amide bonds. The fraction of sp³-hybridized carbons (Fsp3) is 0.125. The predicted molar refractivity (Wildman–Crippen MR) is 83.7 cm³/mol. The zero-order chi connectivity index (χ0) is 15.1. The van der Waals surface area contributed by atoms with Crippen LogP contribution in [0.2, 0.25) is 0 Å². The van der Waals surface area contributed by atoms with Crippen molar-refractivity contribution in [1.82, 2.24) is 0 Å². The fourth-order valence-corrected chi connectivity index (χ4v) is 2.70. The van der Waals surface area contributed by atoms with Crippen LogP contribution in [0.25, 0.3) is 0 Å². The number of carbonyl (C=O) groups is 2. The molecule has 2 aromatic carbocycles. The molecular weight excluding hydrogens is 286 g/mol. The monoisotopic (exact) mass is 301 g/mol. The van der Waals surface area contributed by atoms with Crippen LogP contribution in [0.4, 0.5) is 5.69 Å². The summed E-state index contributed by atoms with van der Waals surface area (Å²) in [5, 5.41) is 2.64. The molecule has 1 unspecified atom stereocenters. The minimum Gasteiger partial charge on any atom is -0.325 e. The van der Waals surface area contributed by atoms with Crippen LogP contribution in [-0.4, -0.2) is 27.4 Å². The lowest BCUT2D eigenvalue weighted by atomic mass is 10.2. The highest BCUT2D eigenvalue weighted by Crippen LogP contribution is 2.05. The van der Waals surface area contributed by atoms with E-state index < -0.39 is 10.8 Å². The summed E-state index contributed by atoms with van der Waals surface area (Å²) in [5.41, 5.74) is 1.16. The number of amides is 1. The number of para-hydroxylation sites is 1. The summed E-state index contributed by atoms with van der Waals surface area (Å²) >= 11 is 0. The Morgan fingerprint density at radius 3 is 2.05 bits per heavy atom. The van der Waals surface area contributed by atoms with Gasteiger partial charge in [0.25, 0.3) is 0 Å². The smallest absolute Gasteiger partial charge is 0.237 e. The topological polar surface area (TPSA) is 63.2 Å². The third-order valence-corrected chi connectivity index (χ3v) is 3.91. The molecule has 1 atom stereocenters. The predicted octanol–water partition coefficient (Wildman–Crippen LogP) is 2.26. The van der Waals surface area contributed by atoms with Gasteiger partial charge in [0, 0.05) is 22.1 Å². The van der Waals surface area contributed by atoms with Crippen LogP contribution in [0.3, 0.4) is 0 Å². The molecule has 0 aliphatic heterocycles. The van der Waals surface area contributed by atoms with Crippen LogP contribution >= 0.6 is 0 Å². The highest BCUT2D eigenvalue weighted by atomic mass is 32.2. The summed E-state index contributed by atoms with van der Waals surface area (Å²) < 4.78 is 11.9. The molecule has 5 heteroatoms. The van der Waals surface area contributed by atoms with Crippen molar-refractivity contribution >= 4 is 28.2 Å². The average Bonchev–Trinajstić information content (AvgIpc) is 2.48. The molecule has 0 aliphatic carbocycles. The van der Waals surface area contributed by atoms with Gasteiger partial charge in [0.1, 0.15) is 5.75 Å². The maximum Gasteiger partial charge on any atom is 0.237 e. The van der Waals surface area contributed by atoms with Gasteiger partial charge in [-0.1, -0.05) is 48.5 Å². The number of nitrogens with one attached hydrogen (secondary N) is 1. The third kappa shape index (κ3) is 4.96. The number of anilines is 1. The van der Waals surface area contributed by atoms with E-state index in [4.69, 9.17) is 0 Å². The Morgan fingerprint density at radius 1 is 0.857 bits per heavy atom. The summed E-state index contributed by atoms with van der Waals surface area (Å²) in [6.07, 6.45) is 0. The van der Waals surface area contributed by atoms with Crippen molar-refractivity contribution in [3.05, 3.63) is 66.2 Å². The Balaban J connectivity index is 1.84. The van der Waals surface area contributed by atoms with E-state index >= 15 is 0 Å². The number of rotatable bonds is 6. The van der Waals surface area contributed by atoms with E-state index in [1.807, 2.05) is 6.07 Å². The maximum atomic E-state index is 11.9. The van der Waals surface area contributed by atoms with E-state index in [-0.39, 0.29) is 23.2 Å². The first-order valence-corrected chi connectivity index (χ1v) is 7.92. The van der Waals surface area contributed by atoms with Crippen molar-refractivity contribution < 1.29 is 13.8 Å². The van der Waals surface area contributed by atoms with Gasteiger partial charge in [-0.25, -0.2) is 0 Å². The van der Waals surface area contributed by atoms with Crippen molar-refractivity contribution in [1.29, 1.82) is 0 Å². The summed E-state index contributed by atoms with van der Waals surface area (Å²) in [6.45, 7) is 0. The van der Waals surface area contributed by atoms with Gasteiger partial charge in [0.05, 0.1) is 5.75 Å². The number of benzene rings is 2. The molecule has 108 valence electrons. The Kier molecular flexibility index (Phi) is 5.40. The van der Waals surface area contributed by atoms with E-state index in [0.717, 1.165) is 0 Å². The number of Topliss-reactive ketones (excluding diaryl/α,β-unsaturated/α-hetero) is 1. The first-order chi connectivity index (χ1) is 10.1. The number of hydrogen-bond acceptors (Lipinski definition) is 3. The number of carbonyl (C=O) groups excluding carboxylic acids is 2. The molecular formula is C16H15NO3S. The third-order valence-electron chi connectivity index (χ3n) is 2.74. The lowest BCUT2D eigenvalue weighted by Gasteiger charge is -2.05. The molecule has 21 heavy (non-hydrogen) atoms. The van der Waals surface area contributed by atoms with Crippen molar-refractivity contribution in [2.24, 2.45) is 0 Å². The van der Waals surface area contributed by atoms with Gasteiger partial charge in [-0.15, -0.1) is 0 Å². The standard InChI is InChI=1S/C16H15NO3S/c18-15(13-7-3-1-4-8-13)11-21(20)12-16(19)17-14-9-5-2-6-10-14/h1-10H,11-12H2,(H,17,19). The van der Waals surface area contributed by atoms with Gasteiger partial charge < -0.3 is 5.32 Å². The largest absolute Gasteiger partial charge is 0.325 e. The minimum atomic E-state index is -1.52. The lowest BCUT2D eigenvalue weighted by molar-refractivity contribution is -0.113. The van der Waals surface area contributed by atoms with E-state index in [0.29, 0.717) is 11.3 Å². The second-order valence-electron chi connectivity index (χ2n) is 4.43. The van der Waals surface area contributed by atoms with Crippen LogP contribution in [0.15, 0.2) is 60.7 Å². The van der Waals surface area contributed by atoms with Gasteiger partial charge in [-0.3, -0.25) is 13.8 Å². The summed E-state index contributed by atoms with van der Waals surface area (Å²) in [7, 11) is -1.52. The molecule has 0 aliphatic rings. The van der Waals surface area contributed by atoms with Crippen LogP contribution in [0.5, 0.6) is 0 Å². The average molecular weight is 301 g/mol. The van der Waals surface area contributed by atoms with Gasteiger partial charge in [0.2, 0.25) is 5.91 Å². The molecule has 0 aromatic heterocycles. The van der Waals surface area contributed by atoms with E-state index in [9.17, 15) is 13.8 Å². The molecule has 0 radical (unpaired) electrons. The Bertz CT molecular complexity index is 641. The van der Waals surface area contributed by atoms with Gasteiger partial charge >= 0.3 is 0 Å². The molecule has 0 fully saturated rings. The first-order valence-electron chi connectivity index (χ1n) is 6.43. The molecule has 4 nitrogen and oxygen atoms in total. The molecule has 0 saturated carbocycles. The first kappa shape index (κ1) is 15.1. The van der Waals surface area contributed by atoms with E-state index in [2.05, 4.69) is 5.32 Å². The quantitative estimate of drug-likeness (QED) is 0.832. The van der Waals surface area contributed by atoms with Crippen molar-refractivity contribution in [3.63, 3.8) is 0 Å². The highest BCUT2D eigenvalue weighted by molar-refractivity contribution is 7.86. The van der Waals surface area contributed by atoms with Crippen LogP contribution in [0.1, 0.15) is 10.4 Å².